The van der Waals surface area contributed by atoms with Gasteiger partial charge in [-0.15, -0.1) is 5.92 Å². The molecule has 0 aromatic heterocycles. The summed E-state index contributed by atoms with van der Waals surface area (Å²) in [5, 5.41) is 0.810. The van der Waals surface area contributed by atoms with Crippen LogP contribution in [-0.2, 0) is 6.42 Å². The van der Waals surface area contributed by atoms with Crippen LogP contribution in [0.3, 0.4) is 0 Å². The van der Waals surface area contributed by atoms with Gasteiger partial charge in [0.1, 0.15) is 0 Å². The predicted molar refractivity (Wildman–Crippen MR) is 87.0 cm³/mol. The second kappa shape index (κ2) is 8.35. The Morgan fingerprint density at radius 1 is 1.15 bits per heavy atom. The highest BCUT2D eigenvalue weighted by molar-refractivity contribution is 6.30. The first kappa shape index (κ1) is 15.4. The molecule has 0 saturated carbocycles. The van der Waals surface area contributed by atoms with Crippen LogP contribution < -0.4 is 0 Å². The van der Waals surface area contributed by atoms with Crippen LogP contribution in [0.2, 0.25) is 5.02 Å². The summed E-state index contributed by atoms with van der Waals surface area (Å²) in [5.41, 5.74) is 1.35. The van der Waals surface area contributed by atoms with Crippen molar-refractivity contribution in [2.45, 2.75) is 39.0 Å². The molecule has 2 heteroatoms. The van der Waals surface area contributed by atoms with E-state index >= 15 is 0 Å². The van der Waals surface area contributed by atoms with Crippen molar-refractivity contribution in [3.63, 3.8) is 0 Å². The van der Waals surface area contributed by atoms with Crippen LogP contribution >= 0.6 is 11.6 Å². The van der Waals surface area contributed by atoms with Gasteiger partial charge in [0, 0.05) is 11.4 Å². The van der Waals surface area contributed by atoms with Crippen molar-refractivity contribution in [2.24, 2.45) is 5.92 Å². The van der Waals surface area contributed by atoms with E-state index in [1.807, 2.05) is 12.1 Å². The number of benzene rings is 1. The molecule has 0 amide bonds. The number of aryl methyl sites for hydroxylation is 1. The molecule has 1 saturated heterocycles. The topological polar surface area (TPSA) is 3.24 Å². The van der Waals surface area contributed by atoms with Gasteiger partial charge in [0.2, 0.25) is 0 Å². The molecule has 2 rings (SSSR count). The number of hydrogen-bond acceptors (Lipinski definition) is 1. The smallest absolute Gasteiger partial charge is 0.0601 e. The molecule has 0 unspecified atom stereocenters. The molecule has 1 nitrogen and oxygen atoms in total. The summed E-state index contributed by atoms with van der Waals surface area (Å²) in [6, 6.07) is 8.12. The van der Waals surface area contributed by atoms with Crippen LogP contribution in [0.25, 0.3) is 0 Å². The molecule has 108 valence electrons. The summed E-state index contributed by atoms with van der Waals surface area (Å²) in [5.74, 6) is 7.53. The lowest BCUT2D eigenvalue weighted by Crippen LogP contribution is -2.33. The van der Waals surface area contributed by atoms with Crippen molar-refractivity contribution in [1.82, 2.24) is 4.90 Å². The summed E-state index contributed by atoms with van der Waals surface area (Å²) < 4.78 is 0. The largest absolute Gasteiger partial charge is 0.292 e. The highest BCUT2D eigenvalue weighted by Gasteiger charge is 2.13. The van der Waals surface area contributed by atoms with Crippen molar-refractivity contribution in [2.75, 3.05) is 19.6 Å². The van der Waals surface area contributed by atoms with Gasteiger partial charge >= 0.3 is 0 Å². The SMILES string of the molecule is CC1CCN(CC#CCCCc2ccc(Cl)cc2)CC1. The minimum absolute atomic E-state index is 0.810. The van der Waals surface area contributed by atoms with Crippen molar-refractivity contribution in [3.05, 3.63) is 34.9 Å². The Morgan fingerprint density at radius 2 is 1.85 bits per heavy atom. The number of nitrogens with zero attached hydrogens (tertiary/aromatic N) is 1. The average Bonchev–Trinajstić information content (AvgIpc) is 2.46. The maximum Gasteiger partial charge on any atom is 0.0601 e. The maximum absolute atomic E-state index is 5.87. The van der Waals surface area contributed by atoms with Gasteiger partial charge in [0.05, 0.1) is 6.54 Å². The zero-order chi connectivity index (χ0) is 14.2. The fourth-order valence-corrected chi connectivity index (χ4v) is 2.63. The lowest BCUT2D eigenvalue weighted by Gasteiger charge is -2.28. The number of unbranched alkanes of at least 4 members (excludes halogenated alkanes) is 1. The Kier molecular flexibility index (Phi) is 6.43. The molecule has 1 aliphatic rings. The zero-order valence-electron chi connectivity index (χ0n) is 12.4. The lowest BCUT2D eigenvalue weighted by molar-refractivity contribution is 0.213. The van der Waals surface area contributed by atoms with Gasteiger partial charge in [-0.05, 0) is 62.4 Å². The second-order valence-corrected chi connectivity index (χ2v) is 6.23. The van der Waals surface area contributed by atoms with E-state index in [1.54, 1.807) is 0 Å². The number of piperidine rings is 1. The van der Waals surface area contributed by atoms with Crippen LogP contribution in [0.4, 0.5) is 0 Å². The van der Waals surface area contributed by atoms with Gasteiger partial charge in [0.25, 0.3) is 0 Å². The fourth-order valence-electron chi connectivity index (χ4n) is 2.51. The molecule has 0 radical (unpaired) electrons. The van der Waals surface area contributed by atoms with Crippen LogP contribution in [0, 0.1) is 17.8 Å². The van der Waals surface area contributed by atoms with Gasteiger partial charge in [-0.25, -0.2) is 0 Å². The van der Waals surface area contributed by atoms with E-state index in [1.165, 1.54) is 31.5 Å². The Hall–Kier alpha value is -0.970. The molecule has 1 heterocycles. The molecule has 0 bridgehead atoms. The Labute approximate surface area is 128 Å². The quantitative estimate of drug-likeness (QED) is 0.587. The van der Waals surface area contributed by atoms with Crippen LogP contribution in [0.5, 0.6) is 0 Å². The van der Waals surface area contributed by atoms with Crippen LogP contribution in [0.1, 0.15) is 38.2 Å². The number of likely N-dealkylation sites (tertiary alicyclic amines) is 1. The third-order valence-electron chi connectivity index (χ3n) is 3.98. The van der Waals surface area contributed by atoms with Gasteiger partial charge in [-0.3, -0.25) is 4.90 Å². The van der Waals surface area contributed by atoms with E-state index < -0.39 is 0 Å². The Bertz CT molecular complexity index is 447. The third kappa shape index (κ3) is 5.57. The molecule has 1 aliphatic heterocycles. The average molecular weight is 290 g/mol. The standard InChI is InChI=1S/C18H24ClN/c1-16-11-14-20(15-12-16)13-5-3-2-4-6-17-7-9-18(19)10-8-17/h7-10,16H,2,4,6,11-15H2,1H3. The highest BCUT2D eigenvalue weighted by atomic mass is 35.5. The molecule has 0 atom stereocenters. The first-order valence-electron chi connectivity index (χ1n) is 7.66. The molecular weight excluding hydrogens is 266 g/mol. The monoisotopic (exact) mass is 289 g/mol. The highest BCUT2D eigenvalue weighted by Crippen LogP contribution is 2.15. The van der Waals surface area contributed by atoms with E-state index in [4.69, 9.17) is 11.6 Å². The summed E-state index contributed by atoms with van der Waals surface area (Å²) in [7, 11) is 0. The molecule has 0 aliphatic carbocycles. The molecule has 1 aromatic carbocycles. The van der Waals surface area contributed by atoms with E-state index in [0.717, 1.165) is 36.7 Å². The first-order chi connectivity index (χ1) is 9.74. The van der Waals surface area contributed by atoms with Gasteiger partial charge in [-0.2, -0.15) is 0 Å². The van der Waals surface area contributed by atoms with Crippen molar-refractivity contribution in [1.29, 1.82) is 0 Å². The summed E-state index contributed by atoms with van der Waals surface area (Å²) in [6.07, 6.45) is 5.88. The Balaban J connectivity index is 1.59. The predicted octanol–water partition coefficient (Wildman–Crippen LogP) is 4.40. The van der Waals surface area contributed by atoms with Crippen molar-refractivity contribution in [3.8, 4) is 11.8 Å². The Morgan fingerprint density at radius 3 is 2.55 bits per heavy atom. The minimum Gasteiger partial charge on any atom is -0.292 e. The van der Waals surface area contributed by atoms with E-state index in [9.17, 15) is 0 Å². The fraction of sp³-hybridized carbons (Fsp3) is 0.556. The molecule has 0 N–H and O–H groups in total. The second-order valence-electron chi connectivity index (χ2n) is 5.79. The molecular formula is C18H24ClN. The van der Waals surface area contributed by atoms with Gasteiger partial charge in [-0.1, -0.05) is 36.6 Å². The van der Waals surface area contributed by atoms with Crippen LogP contribution in [-0.4, -0.2) is 24.5 Å². The summed E-state index contributed by atoms with van der Waals surface area (Å²) in [6.45, 7) is 5.74. The van der Waals surface area contributed by atoms with Crippen LogP contribution in [0.15, 0.2) is 24.3 Å². The molecule has 1 fully saturated rings. The third-order valence-corrected chi connectivity index (χ3v) is 4.24. The normalized spacial score (nSPS) is 16.7. The molecule has 1 aromatic rings. The van der Waals surface area contributed by atoms with Crippen molar-refractivity contribution < 1.29 is 0 Å². The van der Waals surface area contributed by atoms with Gasteiger partial charge < -0.3 is 0 Å². The first-order valence-corrected chi connectivity index (χ1v) is 8.04. The van der Waals surface area contributed by atoms with E-state index in [0.29, 0.717) is 0 Å². The maximum atomic E-state index is 5.87. The minimum atomic E-state index is 0.810. The van der Waals surface area contributed by atoms with Crippen molar-refractivity contribution >= 4 is 11.6 Å². The van der Waals surface area contributed by atoms with E-state index in [2.05, 4.69) is 35.8 Å². The molecule has 0 spiro atoms. The van der Waals surface area contributed by atoms with E-state index in [-0.39, 0.29) is 0 Å². The number of hydrogen-bond donors (Lipinski definition) is 0. The zero-order valence-corrected chi connectivity index (χ0v) is 13.1. The summed E-state index contributed by atoms with van der Waals surface area (Å²) in [4.78, 5) is 2.48. The lowest BCUT2D eigenvalue weighted by atomic mass is 9.99. The number of rotatable bonds is 4. The molecule has 20 heavy (non-hydrogen) atoms. The number of halogens is 1. The summed E-state index contributed by atoms with van der Waals surface area (Å²) >= 11 is 5.87. The van der Waals surface area contributed by atoms with Gasteiger partial charge in [0.15, 0.2) is 0 Å².